The Kier molecular flexibility index (Phi) is 3.78. The number of hydrogen-bond donors (Lipinski definition) is 0. The molecule has 0 bridgehead atoms. The van der Waals surface area contributed by atoms with E-state index in [0.717, 1.165) is 11.1 Å². The third kappa shape index (κ3) is 3.04. The number of nitrogens with zero attached hydrogens (tertiary/aromatic N) is 5. The lowest BCUT2D eigenvalue weighted by atomic mass is 10.1. The molecule has 0 spiro atoms. The average molecular weight is 297 g/mol. The van der Waals surface area contributed by atoms with Crippen LogP contribution >= 0.6 is 0 Å². The molecule has 1 heterocycles. The van der Waals surface area contributed by atoms with Gasteiger partial charge < -0.3 is 0 Å². The Morgan fingerprint density at radius 1 is 0.652 bits per heavy atom. The third-order valence-electron chi connectivity index (χ3n) is 3.29. The molecule has 0 aliphatic carbocycles. The molecule has 3 aromatic rings. The monoisotopic (exact) mass is 297 g/mol. The van der Waals surface area contributed by atoms with Gasteiger partial charge in [-0.15, -0.1) is 0 Å². The molecule has 0 saturated heterocycles. The Bertz CT molecular complexity index is 853. The van der Waals surface area contributed by atoms with Crippen molar-refractivity contribution in [2.45, 2.75) is 6.92 Å². The molecule has 23 heavy (non-hydrogen) atoms. The fourth-order valence-electron chi connectivity index (χ4n) is 2.13. The average Bonchev–Trinajstić information content (AvgIpc) is 2.61. The van der Waals surface area contributed by atoms with Crippen molar-refractivity contribution in [3.8, 4) is 34.9 Å². The molecule has 0 unspecified atom stereocenters. The standard InChI is InChI=1S/C18H11N5/c1-12-21-17(15-6-2-13(10-19)3-7-15)23-18(22-12)16-8-4-14(11-20)5-9-16/h2-9H,1H3. The van der Waals surface area contributed by atoms with Crippen LogP contribution in [0.25, 0.3) is 22.8 Å². The van der Waals surface area contributed by atoms with Crippen molar-refractivity contribution in [1.29, 1.82) is 10.5 Å². The van der Waals surface area contributed by atoms with Gasteiger partial charge in [0.05, 0.1) is 23.3 Å². The highest BCUT2D eigenvalue weighted by Gasteiger charge is 2.08. The fraction of sp³-hybridized carbons (Fsp3) is 0.0556. The zero-order valence-electron chi connectivity index (χ0n) is 12.4. The summed E-state index contributed by atoms with van der Waals surface area (Å²) in [4.78, 5) is 13.2. The molecule has 0 amide bonds. The van der Waals surface area contributed by atoms with Crippen LogP contribution in [0.4, 0.5) is 0 Å². The van der Waals surface area contributed by atoms with Crippen LogP contribution in [0.15, 0.2) is 48.5 Å². The highest BCUT2D eigenvalue weighted by Crippen LogP contribution is 2.20. The summed E-state index contributed by atoms with van der Waals surface area (Å²) < 4.78 is 0. The van der Waals surface area contributed by atoms with Gasteiger partial charge in [-0.2, -0.15) is 10.5 Å². The van der Waals surface area contributed by atoms with Gasteiger partial charge in [0.2, 0.25) is 0 Å². The summed E-state index contributed by atoms with van der Waals surface area (Å²) in [5.41, 5.74) is 2.83. The minimum atomic E-state index is 0.557. The molecule has 0 atom stereocenters. The smallest absolute Gasteiger partial charge is 0.163 e. The first-order valence-corrected chi connectivity index (χ1v) is 6.93. The SMILES string of the molecule is Cc1nc(-c2ccc(C#N)cc2)nc(-c2ccc(C#N)cc2)n1. The number of rotatable bonds is 2. The quantitative estimate of drug-likeness (QED) is 0.724. The molecule has 1 aromatic heterocycles. The van der Waals surface area contributed by atoms with Crippen LogP contribution < -0.4 is 0 Å². The predicted molar refractivity (Wildman–Crippen MR) is 84.9 cm³/mol. The zero-order chi connectivity index (χ0) is 16.2. The van der Waals surface area contributed by atoms with Crippen LogP contribution in [0.3, 0.4) is 0 Å². The molecular weight excluding hydrogens is 286 g/mol. The number of nitriles is 2. The normalized spacial score (nSPS) is 9.87. The van der Waals surface area contributed by atoms with Crippen LogP contribution in [0, 0.1) is 29.6 Å². The minimum Gasteiger partial charge on any atom is -0.213 e. The molecule has 5 heteroatoms. The molecular formula is C18H11N5. The van der Waals surface area contributed by atoms with Gasteiger partial charge in [-0.25, -0.2) is 15.0 Å². The van der Waals surface area contributed by atoms with Crippen molar-refractivity contribution >= 4 is 0 Å². The van der Waals surface area contributed by atoms with Gasteiger partial charge in [0.25, 0.3) is 0 Å². The molecule has 0 aliphatic rings. The first-order chi connectivity index (χ1) is 11.2. The maximum Gasteiger partial charge on any atom is 0.163 e. The van der Waals surface area contributed by atoms with E-state index >= 15 is 0 Å². The zero-order valence-corrected chi connectivity index (χ0v) is 12.4. The van der Waals surface area contributed by atoms with E-state index in [2.05, 4.69) is 27.1 Å². The van der Waals surface area contributed by atoms with Crippen molar-refractivity contribution < 1.29 is 0 Å². The molecule has 2 aromatic carbocycles. The number of aryl methyl sites for hydroxylation is 1. The van der Waals surface area contributed by atoms with Crippen molar-refractivity contribution in [2.24, 2.45) is 0 Å². The summed E-state index contributed by atoms with van der Waals surface area (Å²) in [6.45, 7) is 1.81. The Morgan fingerprint density at radius 2 is 1.04 bits per heavy atom. The lowest BCUT2D eigenvalue weighted by Gasteiger charge is -2.06. The van der Waals surface area contributed by atoms with Gasteiger partial charge in [0, 0.05) is 11.1 Å². The summed E-state index contributed by atoms with van der Waals surface area (Å²) in [5.74, 6) is 1.72. The molecule has 0 N–H and O–H groups in total. The summed E-state index contributed by atoms with van der Waals surface area (Å²) in [7, 11) is 0. The topological polar surface area (TPSA) is 86.2 Å². The highest BCUT2D eigenvalue weighted by molar-refractivity contribution is 5.62. The number of aromatic nitrogens is 3. The van der Waals surface area contributed by atoms with Crippen molar-refractivity contribution in [3.63, 3.8) is 0 Å². The largest absolute Gasteiger partial charge is 0.213 e. The summed E-state index contributed by atoms with van der Waals surface area (Å²) in [5, 5.41) is 17.7. The second-order valence-corrected chi connectivity index (χ2v) is 4.91. The number of benzene rings is 2. The van der Waals surface area contributed by atoms with Gasteiger partial charge in [0.1, 0.15) is 5.82 Å². The van der Waals surface area contributed by atoms with Gasteiger partial charge in [-0.1, -0.05) is 0 Å². The van der Waals surface area contributed by atoms with Crippen molar-refractivity contribution in [2.75, 3.05) is 0 Å². The maximum absolute atomic E-state index is 8.86. The molecule has 0 saturated carbocycles. The third-order valence-corrected chi connectivity index (χ3v) is 3.29. The van der Waals surface area contributed by atoms with Crippen molar-refractivity contribution in [1.82, 2.24) is 15.0 Å². The van der Waals surface area contributed by atoms with Crippen LogP contribution in [-0.2, 0) is 0 Å². The van der Waals surface area contributed by atoms with Crippen molar-refractivity contribution in [3.05, 3.63) is 65.5 Å². The van der Waals surface area contributed by atoms with Crippen LogP contribution in [0.2, 0.25) is 0 Å². The number of hydrogen-bond acceptors (Lipinski definition) is 5. The van der Waals surface area contributed by atoms with E-state index in [1.807, 2.05) is 31.2 Å². The van der Waals surface area contributed by atoms with E-state index in [4.69, 9.17) is 10.5 Å². The molecule has 0 fully saturated rings. The molecule has 108 valence electrons. The van der Waals surface area contributed by atoms with E-state index < -0.39 is 0 Å². The summed E-state index contributed by atoms with van der Waals surface area (Å²) in [6.07, 6.45) is 0. The predicted octanol–water partition coefficient (Wildman–Crippen LogP) is 3.26. The Labute approximate surface area is 133 Å². The van der Waals surface area contributed by atoms with E-state index in [0.29, 0.717) is 28.6 Å². The van der Waals surface area contributed by atoms with E-state index in [1.165, 1.54) is 0 Å². The first-order valence-electron chi connectivity index (χ1n) is 6.93. The van der Waals surface area contributed by atoms with E-state index in [1.54, 1.807) is 24.3 Å². The second-order valence-electron chi connectivity index (χ2n) is 4.91. The van der Waals surface area contributed by atoms with E-state index in [-0.39, 0.29) is 0 Å². The minimum absolute atomic E-state index is 0.557. The molecule has 3 rings (SSSR count). The lowest BCUT2D eigenvalue weighted by Crippen LogP contribution is -1.99. The van der Waals surface area contributed by atoms with Crippen LogP contribution in [0.5, 0.6) is 0 Å². The lowest BCUT2D eigenvalue weighted by molar-refractivity contribution is 0.992. The summed E-state index contributed by atoms with van der Waals surface area (Å²) in [6, 6.07) is 18.4. The van der Waals surface area contributed by atoms with Gasteiger partial charge in [0.15, 0.2) is 11.6 Å². The maximum atomic E-state index is 8.86. The Hall–Kier alpha value is -3.57. The first kappa shape index (κ1) is 14.4. The fourth-order valence-corrected chi connectivity index (χ4v) is 2.13. The van der Waals surface area contributed by atoms with Crippen LogP contribution in [0.1, 0.15) is 17.0 Å². The Balaban J connectivity index is 2.04. The molecule has 5 nitrogen and oxygen atoms in total. The second kappa shape index (κ2) is 6.05. The Morgan fingerprint density at radius 3 is 1.39 bits per heavy atom. The van der Waals surface area contributed by atoms with Gasteiger partial charge in [-0.05, 0) is 55.5 Å². The summed E-state index contributed by atoms with van der Waals surface area (Å²) >= 11 is 0. The van der Waals surface area contributed by atoms with Gasteiger partial charge in [-0.3, -0.25) is 0 Å². The molecule has 0 radical (unpaired) electrons. The van der Waals surface area contributed by atoms with Crippen LogP contribution in [-0.4, -0.2) is 15.0 Å². The molecule has 0 aliphatic heterocycles. The highest BCUT2D eigenvalue weighted by atomic mass is 15.0. The van der Waals surface area contributed by atoms with Gasteiger partial charge >= 0.3 is 0 Å². The van der Waals surface area contributed by atoms with E-state index in [9.17, 15) is 0 Å².